The minimum Gasteiger partial charge on any atom is -0.481 e. The summed E-state index contributed by atoms with van der Waals surface area (Å²) in [6.07, 6.45) is 1.82. The van der Waals surface area contributed by atoms with Crippen LogP contribution in [0.3, 0.4) is 0 Å². The molecule has 0 saturated carbocycles. The largest absolute Gasteiger partial charge is 0.481 e. The molecular formula is C12H24N2O3. The molecule has 0 rings (SSSR count). The van der Waals surface area contributed by atoms with Crippen LogP contribution < -0.4 is 0 Å². The molecule has 5 heteroatoms. The molecule has 17 heavy (non-hydrogen) atoms. The van der Waals surface area contributed by atoms with E-state index < -0.39 is 5.97 Å². The van der Waals surface area contributed by atoms with Crippen LogP contribution in [-0.2, 0) is 4.79 Å². The maximum absolute atomic E-state index is 12.1. The normalized spacial score (nSPS) is 10.4. The van der Waals surface area contributed by atoms with Gasteiger partial charge in [-0.2, -0.15) is 0 Å². The van der Waals surface area contributed by atoms with Gasteiger partial charge in [-0.25, -0.2) is 4.79 Å². The maximum atomic E-state index is 12.1. The summed E-state index contributed by atoms with van der Waals surface area (Å²) in [6.45, 7) is 6.77. The highest BCUT2D eigenvalue weighted by Gasteiger charge is 2.21. The van der Waals surface area contributed by atoms with E-state index in [1.165, 1.54) is 0 Å². The summed E-state index contributed by atoms with van der Waals surface area (Å²) in [5.41, 5.74) is 0. The number of carbonyl (C=O) groups excluding carboxylic acids is 1. The van der Waals surface area contributed by atoms with Gasteiger partial charge in [0.15, 0.2) is 0 Å². The third-order valence-corrected chi connectivity index (χ3v) is 3.04. The Labute approximate surface area is 103 Å². The van der Waals surface area contributed by atoms with E-state index in [2.05, 4.69) is 0 Å². The molecule has 0 radical (unpaired) electrons. The zero-order valence-electron chi connectivity index (χ0n) is 11.3. The lowest BCUT2D eigenvalue weighted by Crippen LogP contribution is -2.46. The standard InChI is InChI=1S/C12H24N2O3/c1-5-10(6-2)13(4)12(17)14(7-3)9-8-11(15)16/h10H,5-9H2,1-4H3,(H,15,16). The van der Waals surface area contributed by atoms with Crippen molar-refractivity contribution in [2.75, 3.05) is 20.1 Å². The fraction of sp³-hybridized carbons (Fsp3) is 0.833. The van der Waals surface area contributed by atoms with E-state index in [0.29, 0.717) is 6.54 Å². The van der Waals surface area contributed by atoms with E-state index in [1.54, 1.807) is 16.8 Å². The fourth-order valence-corrected chi connectivity index (χ4v) is 1.84. The SMILES string of the molecule is CCC(CC)N(C)C(=O)N(CC)CCC(=O)O. The van der Waals surface area contributed by atoms with Crippen LogP contribution in [-0.4, -0.2) is 53.1 Å². The first kappa shape index (κ1) is 15.7. The van der Waals surface area contributed by atoms with E-state index in [4.69, 9.17) is 5.11 Å². The van der Waals surface area contributed by atoms with E-state index in [-0.39, 0.29) is 25.0 Å². The van der Waals surface area contributed by atoms with Gasteiger partial charge in [0.05, 0.1) is 6.42 Å². The Bertz CT molecular complexity index is 252. The molecule has 2 amide bonds. The number of carbonyl (C=O) groups is 2. The quantitative estimate of drug-likeness (QED) is 0.745. The monoisotopic (exact) mass is 244 g/mol. The van der Waals surface area contributed by atoms with E-state index in [9.17, 15) is 9.59 Å². The number of urea groups is 1. The zero-order chi connectivity index (χ0) is 13.4. The number of carboxylic acid groups (broad SMARTS) is 1. The van der Waals surface area contributed by atoms with Crippen LogP contribution in [0.2, 0.25) is 0 Å². The molecule has 0 aromatic carbocycles. The predicted octanol–water partition coefficient (Wildman–Crippen LogP) is 2.02. The lowest BCUT2D eigenvalue weighted by molar-refractivity contribution is -0.137. The minimum atomic E-state index is -0.874. The Morgan fingerprint density at radius 1 is 1.18 bits per heavy atom. The van der Waals surface area contributed by atoms with Crippen molar-refractivity contribution in [1.82, 2.24) is 9.80 Å². The number of aliphatic carboxylic acids is 1. The van der Waals surface area contributed by atoms with Crippen LogP contribution in [0.4, 0.5) is 4.79 Å². The van der Waals surface area contributed by atoms with Crippen LogP contribution >= 0.6 is 0 Å². The molecule has 0 atom stereocenters. The molecular weight excluding hydrogens is 220 g/mol. The molecule has 100 valence electrons. The Kier molecular flexibility index (Phi) is 7.34. The fourth-order valence-electron chi connectivity index (χ4n) is 1.84. The number of amides is 2. The molecule has 0 aromatic heterocycles. The lowest BCUT2D eigenvalue weighted by atomic mass is 10.1. The van der Waals surface area contributed by atoms with Crippen molar-refractivity contribution in [3.8, 4) is 0 Å². The Hall–Kier alpha value is -1.26. The third kappa shape index (κ3) is 5.06. The molecule has 0 unspecified atom stereocenters. The summed E-state index contributed by atoms with van der Waals surface area (Å²) in [4.78, 5) is 25.9. The summed E-state index contributed by atoms with van der Waals surface area (Å²) in [7, 11) is 1.78. The summed E-state index contributed by atoms with van der Waals surface area (Å²) < 4.78 is 0. The van der Waals surface area contributed by atoms with Crippen molar-refractivity contribution in [3.05, 3.63) is 0 Å². The molecule has 0 bridgehead atoms. The highest BCUT2D eigenvalue weighted by molar-refractivity contribution is 5.75. The number of nitrogens with zero attached hydrogens (tertiary/aromatic N) is 2. The van der Waals surface area contributed by atoms with Gasteiger partial charge in [0.25, 0.3) is 0 Å². The van der Waals surface area contributed by atoms with Crippen molar-refractivity contribution < 1.29 is 14.7 Å². The summed E-state index contributed by atoms with van der Waals surface area (Å²) in [6, 6.07) is 0.142. The number of carboxylic acids is 1. The Morgan fingerprint density at radius 2 is 1.71 bits per heavy atom. The van der Waals surface area contributed by atoms with Gasteiger partial charge in [-0.1, -0.05) is 13.8 Å². The summed E-state index contributed by atoms with van der Waals surface area (Å²) in [5, 5.41) is 8.63. The first-order chi connectivity index (χ1) is 7.97. The molecule has 1 N–H and O–H groups in total. The summed E-state index contributed by atoms with van der Waals surface area (Å²) >= 11 is 0. The van der Waals surface area contributed by atoms with Crippen LogP contribution in [0.25, 0.3) is 0 Å². The molecule has 0 aliphatic carbocycles. The van der Waals surface area contributed by atoms with E-state index in [0.717, 1.165) is 12.8 Å². The van der Waals surface area contributed by atoms with Crippen molar-refractivity contribution in [2.45, 2.75) is 46.1 Å². The van der Waals surface area contributed by atoms with Crippen LogP contribution in [0.1, 0.15) is 40.0 Å². The van der Waals surface area contributed by atoms with Crippen molar-refractivity contribution in [1.29, 1.82) is 0 Å². The molecule has 5 nitrogen and oxygen atoms in total. The van der Waals surface area contributed by atoms with Gasteiger partial charge < -0.3 is 14.9 Å². The average molecular weight is 244 g/mol. The van der Waals surface area contributed by atoms with E-state index in [1.807, 2.05) is 20.8 Å². The third-order valence-electron chi connectivity index (χ3n) is 3.04. The molecule has 0 aliphatic heterocycles. The first-order valence-corrected chi connectivity index (χ1v) is 6.21. The van der Waals surface area contributed by atoms with Crippen LogP contribution in [0.15, 0.2) is 0 Å². The van der Waals surface area contributed by atoms with Gasteiger partial charge in [0.1, 0.15) is 0 Å². The summed E-state index contributed by atoms with van der Waals surface area (Å²) in [5.74, 6) is -0.874. The second kappa shape index (κ2) is 7.92. The number of hydrogen-bond acceptors (Lipinski definition) is 2. The van der Waals surface area contributed by atoms with Gasteiger partial charge in [0, 0.05) is 26.2 Å². The molecule has 0 aromatic rings. The van der Waals surface area contributed by atoms with Crippen molar-refractivity contribution in [2.24, 2.45) is 0 Å². The van der Waals surface area contributed by atoms with E-state index >= 15 is 0 Å². The second-order valence-electron chi connectivity index (χ2n) is 4.09. The van der Waals surface area contributed by atoms with Gasteiger partial charge >= 0.3 is 12.0 Å². The molecule has 0 spiro atoms. The Morgan fingerprint density at radius 3 is 2.06 bits per heavy atom. The molecule has 0 heterocycles. The van der Waals surface area contributed by atoms with Gasteiger partial charge in [-0.3, -0.25) is 4.79 Å². The number of rotatable bonds is 7. The van der Waals surface area contributed by atoms with Gasteiger partial charge in [0.2, 0.25) is 0 Å². The minimum absolute atomic E-state index is 0.00363. The number of hydrogen-bond donors (Lipinski definition) is 1. The second-order valence-corrected chi connectivity index (χ2v) is 4.09. The zero-order valence-corrected chi connectivity index (χ0v) is 11.3. The van der Waals surface area contributed by atoms with Crippen LogP contribution in [0.5, 0.6) is 0 Å². The average Bonchev–Trinajstić information content (AvgIpc) is 2.30. The topological polar surface area (TPSA) is 60.9 Å². The van der Waals surface area contributed by atoms with Gasteiger partial charge in [-0.05, 0) is 19.8 Å². The van der Waals surface area contributed by atoms with Crippen molar-refractivity contribution >= 4 is 12.0 Å². The molecule has 0 aliphatic rings. The lowest BCUT2D eigenvalue weighted by Gasteiger charge is -2.32. The predicted molar refractivity (Wildman–Crippen MR) is 67.0 cm³/mol. The van der Waals surface area contributed by atoms with Gasteiger partial charge in [-0.15, -0.1) is 0 Å². The highest BCUT2D eigenvalue weighted by Crippen LogP contribution is 2.09. The smallest absolute Gasteiger partial charge is 0.319 e. The van der Waals surface area contributed by atoms with Crippen LogP contribution in [0, 0.1) is 0 Å². The Balaban J connectivity index is 4.45. The molecule has 0 saturated heterocycles. The molecule has 0 fully saturated rings. The highest BCUT2D eigenvalue weighted by atomic mass is 16.4. The first-order valence-electron chi connectivity index (χ1n) is 6.21. The maximum Gasteiger partial charge on any atom is 0.319 e. The van der Waals surface area contributed by atoms with Crippen molar-refractivity contribution in [3.63, 3.8) is 0 Å².